The van der Waals surface area contributed by atoms with Gasteiger partial charge in [-0.3, -0.25) is 4.79 Å². The molecule has 0 unspecified atom stereocenters. The minimum atomic E-state index is -0.332. The van der Waals surface area contributed by atoms with Gasteiger partial charge in [-0.15, -0.1) is 0 Å². The van der Waals surface area contributed by atoms with Crippen LogP contribution in [0.5, 0.6) is 17.5 Å². The van der Waals surface area contributed by atoms with Gasteiger partial charge in [0.15, 0.2) is 17.3 Å². The maximum absolute atomic E-state index is 12.5. The number of aromatic nitrogens is 3. The molecule has 134 valence electrons. The highest BCUT2D eigenvalue weighted by Gasteiger charge is 2.17. The highest BCUT2D eigenvalue weighted by Crippen LogP contribution is 2.30. The summed E-state index contributed by atoms with van der Waals surface area (Å²) in [5, 5.41) is 2.76. The number of nitrogens with one attached hydrogen (secondary N) is 1. The van der Waals surface area contributed by atoms with E-state index < -0.39 is 0 Å². The summed E-state index contributed by atoms with van der Waals surface area (Å²) in [5.74, 6) is 1.33. The number of hydrogen-bond donors (Lipinski definition) is 1. The van der Waals surface area contributed by atoms with Gasteiger partial charge in [-0.2, -0.15) is 15.0 Å². The SMILES string of the molecule is COc1nc(CNC(=O)c2cccc(OC)c2OC)nc(N(C)C)n1. The number of carbonyl (C=O) groups excluding carboxylic acids is 1. The minimum Gasteiger partial charge on any atom is -0.493 e. The Hall–Kier alpha value is -3.10. The van der Waals surface area contributed by atoms with Crippen molar-refractivity contribution in [3.63, 3.8) is 0 Å². The van der Waals surface area contributed by atoms with E-state index in [1.807, 2.05) is 0 Å². The van der Waals surface area contributed by atoms with Crippen molar-refractivity contribution in [3.8, 4) is 17.5 Å². The van der Waals surface area contributed by atoms with Crippen LogP contribution in [0.3, 0.4) is 0 Å². The molecular weight excluding hydrogens is 326 g/mol. The van der Waals surface area contributed by atoms with E-state index >= 15 is 0 Å². The lowest BCUT2D eigenvalue weighted by Gasteiger charge is -2.14. The predicted octanol–water partition coefficient (Wildman–Crippen LogP) is 0.893. The van der Waals surface area contributed by atoms with Crippen LogP contribution >= 0.6 is 0 Å². The second kappa shape index (κ2) is 8.13. The van der Waals surface area contributed by atoms with Crippen molar-refractivity contribution in [2.24, 2.45) is 0 Å². The number of carbonyl (C=O) groups is 1. The van der Waals surface area contributed by atoms with E-state index in [0.717, 1.165) is 0 Å². The zero-order valence-electron chi connectivity index (χ0n) is 14.9. The smallest absolute Gasteiger partial charge is 0.321 e. The van der Waals surface area contributed by atoms with Gasteiger partial charge >= 0.3 is 6.01 Å². The normalized spacial score (nSPS) is 10.1. The molecule has 0 fully saturated rings. The van der Waals surface area contributed by atoms with Gasteiger partial charge in [-0.1, -0.05) is 6.07 Å². The molecule has 1 amide bonds. The molecule has 0 aliphatic rings. The number of nitrogens with zero attached hydrogens (tertiary/aromatic N) is 4. The molecule has 2 aromatic rings. The Labute approximate surface area is 146 Å². The largest absolute Gasteiger partial charge is 0.493 e. The van der Waals surface area contributed by atoms with Gasteiger partial charge in [-0.25, -0.2) is 0 Å². The highest BCUT2D eigenvalue weighted by atomic mass is 16.5. The third-order valence-electron chi connectivity index (χ3n) is 3.29. The fourth-order valence-electron chi connectivity index (χ4n) is 2.08. The Balaban J connectivity index is 2.19. The fourth-order valence-corrected chi connectivity index (χ4v) is 2.08. The van der Waals surface area contributed by atoms with Crippen LogP contribution in [0.2, 0.25) is 0 Å². The van der Waals surface area contributed by atoms with Crippen molar-refractivity contribution in [1.29, 1.82) is 0 Å². The molecule has 0 saturated carbocycles. The zero-order valence-corrected chi connectivity index (χ0v) is 14.9. The third kappa shape index (κ3) is 4.25. The molecule has 0 atom stereocenters. The average molecular weight is 347 g/mol. The molecule has 1 heterocycles. The molecule has 9 heteroatoms. The number of hydrogen-bond acceptors (Lipinski definition) is 8. The molecule has 0 spiro atoms. The standard InChI is InChI=1S/C16H21N5O4/c1-21(2)15-18-12(19-16(20-15)25-5)9-17-14(22)10-7-6-8-11(23-3)13(10)24-4/h6-8H,9H2,1-5H3,(H,17,22). The van der Waals surface area contributed by atoms with Crippen LogP contribution < -0.4 is 24.4 Å². The van der Waals surface area contributed by atoms with E-state index in [1.54, 1.807) is 37.2 Å². The molecule has 0 radical (unpaired) electrons. The Morgan fingerprint density at radius 3 is 2.44 bits per heavy atom. The molecule has 0 aliphatic heterocycles. The van der Waals surface area contributed by atoms with Gasteiger partial charge in [0, 0.05) is 14.1 Å². The predicted molar refractivity (Wildman–Crippen MR) is 91.4 cm³/mol. The van der Waals surface area contributed by atoms with E-state index in [4.69, 9.17) is 14.2 Å². The molecule has 2 rings (SSSR count). The molecule has 1 aromatic carbocycles. The van der Waals surface area contributed by atoms with Gasteiger partial charge < -0.3 is 24.4 Å². The zero-order chi connectivity index (χ0) is 18.4. The Morgan fingerprint density at radius 2 is 1.84 bits per heavy atom. The molecule has 0 aliphatic carbocycles. The van der Waals surface area contributed by atoms with Crippen molar-refractivity contribution in [3.05, 3.63) is 29.6 Å². The summed E-state index contributed by atoms with van der Waals surface area (Å²) in [6.45, 7) is 0.110. The third-order valence-corrected chi connectivity index (χ3v) is 3.29. The van der Waals surface area contributed by atoms with Crippen LogP contribution in [0.1, 0.15) is 16.2 Å². The van der Waals surface area contributed by atoms with Crippen molar-refractivity contribution in [2.45, 2.75) is 6.54 Å². The number of methoxy groups -OCH3 is 3. The lowest BCUT2D eigenvalue weighted by Crippen LogP contribution is -2.25. The Kier molecular flexibility index (Phi) is 5.93. The average Bonchev–Trinajstić information content (AvgIpc) is 2.64. The maximum atomic E-state index is 12.5. The van der Waals surface area contributed by atoms with Gasteiger partial charge in [0.05, 0.1) is 33.4 Å². The summed E-state index contributed by atoms with van der Waals surface area (Å²) < 4.78 is 15.5. The van der Waals surface area contributed by atoms with Crippen LogP contribution in [0.15, 0.2) is 18.2 Å². The van der Waals surface area contributed by atoms with Gasteiger partial charge in [0.2, 0.25) is 5.95 Å². The second-order valence-electron chi connectivity index (χ2n) is 5.16. The first-order chi connectivity index (χ1) is 12.0. The molecule has 9 nitrogen and oxygen atoms in total. The number of rotatable bonds is 7. The first kappa shape index (κ1) is 18.2. The lowest BCUT2D eigenvalue weighted by molar-refractivity contribution is 0.0946. The van der Waals surface area contributed by atoms with Crippen LogP contribution in [0.25, 0.3) is 0 Å². The number of anilines is 1. The van der Waals surface area contributed by atoms with Crippen LogP contribution in [0, 0.1) is 0 Å². The van der Waals surface area contributed by atoms with E-state index in [2.05, 4.69) is 20.3 Å². The highest BCUT2D eigenvalue weighted by molar-refractivity contribution is 5.97. The summed E-state index contributed by atoms with van der Waals surface area (Å²) in [5.41, 5.74) is 0.357. The summed E-state index contributed by atoms with van der Waals surface area (Å²) in [6, 6.07) is 5.26. The monoisotopic (exact) mass is 347 g/mol. The van der Waals surface area contributed by atoms with E-state index in [0.29, 0.717) is 28.8 Å². The number of ether oxygens (including phenoxy) is 3. The summed E-state index contributed by atoms with van der Waals surface area (Å²) in [4.78, 5) is 26.7. The van der Waals surface area contributed by atoms with Crippen LogP contribution in [-0.4, -0.2) is 56.3 Å². The summed E-state index contributed by atoms with van der Waals surface area (Å²) >= 11 is 0. The fraction of sp³-hybridized carbons (Fsp3) is 0.375. The number of amides is 1. The molecule has 25 heavy (non-hydrogen) atoms. The molecule has 0 saturated heterocycles. The van der Waals surface area contributed by atoms with Crippen molar-refractivity contribution >= 4 is 11.9 Å². The quantitative estimate of drug-likeness (QED) is 0.788. The lowest BCUT2D eigenvalue weighted by atomic mass is 10.1. The van der Waals surface area contributed by atoms with E-state index in [1.165, 1.54) is 21.3 Å². The Bertz CT molecular complexity index is 751. The van der Waals surface area contributed by atoms with Crippen LogP contribution in [0.4, 0.5) is 5.95 Å². The van der Waals surface area contributed by atoms with Gasteiger partial charge in [-0.05, 0) is 12.1 Å². The first-order valence-corrected chi connectivity index (χ1v) is 7.45. The molecule has 1 N–H and O–H groups in total. The summed E-state index contributed by atoms with van der Waals surface area (Å²) in [6.07, 6.45) is 0. The first-order valence-electron chi connectivity index (χ1n) is 7.45. The maximum Gasteiger partial charge on any atom is 0.321 e. The van der Waals surface area contributed by atoms with E-state index in [-0.39, 0.29) is 18.5 Å². The van der Waals surface area contributed by atoms with E-state index in [9.17, 15) is 4.79 Å². The molecule has 1 aromatic heterocycles. The van der Waals surface area contributed by atoms with Gasteiger partial charge in [0.1, 0.15) is 0 Å². The number of para-hydroxylation sites is 1. The van der Waals surface area contributed by atoms with Gasteiger partial charge in [0.25, 0.3) is 5.91 Å². The number of benzene rings is 1. The minimum absolute atomic E-state index is 0.110. The molecular formula is C16H21N5O4. The van der Waals surface area contributed by atoms with Crippen molar-refractivity contribution in [2.75, 3.05) is 40.3 Å². The second-order valence-corrected chi connectivity index (χ2v) is 5.16. The van der Waals surface area contributed by atoms with Crippen molar-refractivity contribution in [1.82, 2.24) is 20.3 Å². The Morgan fingerprint density at radius 1 is 1.08 bits per heavy atom. The molecule has 0 bridgehead atoms. The summed E-state index contributed by atoms with van der Waals surface area (Å²) in [7, 11) is 8.07. The van der Waals surface area contributed by atoms with Crippen molar-refractivity contribution < 1.29 is 19.0 Å². The van der Waals surface area contributed by atoms with Crippen LogP contribution in [-0.2, 0) is 6.54 Å². The topological polar surface area (TPSA) is 98.7 Å².